The van der Waals surface area contributed by atoms with Gasteiger partial charge in [-0.2, -0.15) is 0 Å². The number of carbonyl (C=O) groups excluding carboxylic acids is 2. The maximum atomic E-state index is 12.0. The van der Waals surface area contributed by atoms with Gasteiger partial charge >= 0.3 is 0 Å². The van der Waals surface area contributed by atoms with E-state index in [0.29, 0.717) is 29.4 Å². The van der Waals surface area contributed by atoms with E-state index in [9.17, 15) is 9.59 Å². The van der Waals surface area contributed by atoms with Crippen LogP contribution >= 0.6 is 11.6 Å². The largest absolute Gasteiger partial charge is 0.313 e. The van der Waals surface area contributed by atoms with E-state index in [4.69, 9.17) is 11.6 Å². The standard InChI is InChI=1S/C15H17ClN2O2/c1-3-6-17-8-10(2)9-18-13-5-4-11(16)7-12(13)14(19)15(18)20/h4-5,7,17H,2-3,6,8-9H2,1H3. The highest BCUT2D eigenvalue weighted by molar-refractivity contribution is 6.52. The third kappa shape index (κ3) is 2.92. The molecule has 4 nitrogen and oxygen atoms in total. The maximum absolute atomic E-state index is 12.0. The lowest BCUT2D eigenvalue weighted by Gasteiger charge is -2.18. The molecule has 0 spiro atoms. The molecule has 5 heteroatoms. The van der Waals surface area contributed by atoms with Crippen molar-refractivity contribution < 1.29 is 9.59 Å². The fourth-order valence-corrected chi connectivity index (χ4v) is 2.32. The molecule has 0 unspecified atom stereocenters. The second kappa shape index (κ2) is 6.20. The molecule has 0 saturated carbocycles. The number of hydrogen-bond acceptors (Lipinski definition) is 3. The Morgan fingerprint density at radius 1 is 1.40 bits per heavy atom. The monoisotopic (exact) mass is 292 g/mol. The van der Waals surface area contributed by atoms with Crippen LogP contribution in [0.3, 0.4) is 0 Å². The van der Waals surface area contributed by atoms with Crippen LogP contribution in [-0.4, -0.2) is 31.3 Å². The van der Waals surface area contributed by atoms with Crippen LogP contribution in [0.4, 0.5) is 5.69 Å². The van der Waals surface area contributed by atoms with Gasteiger partial charge in [0.2, 0.25) is 0 Å². The average Bonchev–Trinajstić information content (AvgIpc) is 2.64. The van der Waals surface area contributed by atoms with Gasteiger partial charge in [-0.25, -0.2) is 0 Å². The third-order valence-corrected chi connectivity index (χ3v) is 3.35. The van der Waals surface area contributed by atoms with Crippen molar-refractivity contribution in [3.05, 3.63) is 40.9 Å². The molecular weight excluding hydrogens is 276 g/mol. The number of halogens is 1. The van der Waals surface area contributed by atoms with Crippen molar-refractivity contribution in [2.75, 3.05) is 24.5 Å². The SMILES string of the molecule is C=C(CNCCC)CN1C(=O)C(=O)c2cc(Cl)ccc21. The Kier molecular flexibility index (Phi) is 4.57. The molecule has 1 amide bonds. The summed E-state index contributed by atoms with van der Waals surface area (Å²) < 4.78 is 0. The number of amides is 1. The van der Waals surface area contributed by atoms with Crippen molar-refractivity contribution in [2.45, 2.75) is 13.3 Å². The number of fused-ring (bicyclic) bond motifs is 1. The van der Waals surface area contributed by atoms with Gasteiger partial charge in [-0.15, -0.1) is 0 Å². The van der Waals surface area contributed by atoms with E-state index in [0.717, 1.165) is 18.5 Å². The van der Waals surface area contributed by atoms with E-state index in [1.165, 1.54) is 11.0 Å². The molecule has 0 atom stereocenters. The van der Waals surface area contributed by atoms with Crippen molar-refractivity contribution in [1.82, 2.24) is 5.32 Å². The molecule has 0 fully saturated rings. The van der Waals surface area contributed by atoms with Gasteiger partial charge in [0.15, 0.2) is 0 Å². The van der Waals surface area contributed by atoms with Crippen LogP contribution in [0, 0.1) is 0 Å². The molecular formula is C15H17ClN2O2. The zero-order valence-corrected chi connectivity index (χ0v) is 12.2. The zero-order valence-electron chi connectivity index (χ0n) is 11.4. The molecule has 0 radical (unpaired) electrons. The number of nitrogens with one attached hydrogen (secondary N) is 1. The number of Topliss-reactive ketones (excluding diaryl/α,β-unsaturated/α-hetero) is 1. The van der Waals surface area contributed by atoms with Crippen molar-refractivity contribution in [3.63, 3.8) is 0 Å². The van der Waals surface area contributed by atoms with Crippen LogP contribution in [0.5, 0.6) is 0 Å². The van der Waals surface area contributed by atoms with Crippen molar-refractivity contribution in [2.24, 2.45) is 0 Å². The van der Waals surface area contributed by atoms with E-state index in [1.54, 1.807) is 12.1 Å². The minimum atomic E-state index is -0.515. The Morgan fingerprint density at radius 3 is 2.85 bits per heavy atom. The second-order valence-corrected chi connectivity index (χ2v) is 5.25. The third-order valence-electron chi connectivity index (χ3n) is 3.12. The first-order valence-corrected chi connectivity index (χ1v) is 6.95. The minimum absolute atomic E-state index is 0.343. The lowest BCUT2D eigenvalue weighted by molar-refractivity contribution is -0.114. The summed E-state index contributed by atoms with van der Waals surface area (Å²) in [6, 6.07) is 4.92. The zero-order chi connectivity index (χ0) is 14.7. The summed E-state index contributed by atoms with van der Waals surface area (Å²) in [6.45, 7) is 7.91. The average molecular weight is 293 g/mol. The number of carbonyl (C=O) groups is 2. The lowest BCUT2D eigenvalue weighted by Crippen LogP contribution is -2.33. The van der Waals surface area contributed by atoms with E-state index < -0.39 is 11.7 Å². The van der Waals surface area contributed by atoms with Gasteiger partial charge in [-0.1, -0.05) is 25.1 Å². The van der Waals surface area contributed by atoms with E-state index in [1.807, 2.05) is 0 Å². The molecule has 0 bridgehead atoms. The molecule has 1 aliphatic heterocycles. The van der Waals surface area contributed by atoms with Crippen LogP contribution in [0.2, 0.25) is 5.02 Å². The van der Waals surface area contributed by atoms with Crippen molar-refractivity contribution in [1.29, 1.82) is 0 Å². The highest BCUT2D eigenvalue weighted by Gasteiger charge is 2.35. The van der Waals surface area contributed by atoms with Crippen LogP contribution < -0.4 is 10.2 Å². The molecule has 0 aromatic heterocycles. The maximum Gasteiger partial charge on any atom is 0.299 e. The summed E-state index contributed by atoms with van der Waals surface area (Å²) in [7, 11) is 0. The molecule has 0 aliphatic carbocycles. The first-order valence-electron chi connectivity index (χ1n) is 6.57. The smallest absolute Gasteiger partial charge is 0.299 e. The van der Waals surface area contributed by atoms with Crippen LogP contribution in [0.1, 0.15) is 23.7 Å². The number of ketones is 1. The topological polar surface area (TPSA) is 49.4 Å². The summed E-state index contributed by atoms with van der Waals surface area (Å²) in [6.07, 6.45) is 1.04. The van der Waals surface area contributed by atoms with Crippen LogP contribution in [0.25, 0.3) is 0 Å². The van der Waals surface area contributed by atoms with Gasteiger partial charge < -0.3 is 10.2 Å². The fraction of sp³-hybridized carbons (Fsp3) is 0.333. The molecule has 1 N–H and O–H groups in total. The van der Waals surface area contributed by atoms with Crippen LogP contribution in [0.15, 0.2) is 30.4 Å². The Bertz CT molecular complexity index is 569. The minimum Gasteiger partial charge on any atom is -0.313 e. The van der Waals surface area contributed by atoms with E-state index in [-0.39, 0.29) is 0 Å². The van der Waals surface area contributed by atoms with Gasteiger partial charge in [0.05, 0.1) is 11.3 Å². The summed E-state index contributed by atoms with van der Waals surface area (Å²) >= 11 is 5.86. The molecule has 106 valence electrons. The number of benzene rings is 1. The van der Waals surface area contributed by atoms with Gasteiger partial charge in [0.1, 0.15) is 0 Å². The number of anilines is 1. The van der Waals surface area contributed by atoms with Gasteiger partial charge in [0, 0.05) is 18.1 Å². The fourth-order valence-electron chi connectivity index (χ4n) is 2.15. The first kappa shape index (κ1) is 14.8. The highest BCUT2D eigenvalue weighted by Crippen LogP contribution is 2.31. The number of rotatable bonds is 6. The second-order valence-electron chi connectivity index (χ2n) is 4.81. The Labute approximate surface area is 123 Å². The predicted molar refractivity (Wildman–Crippen MR) is 80.4 cm³/mol. The molecule has 2 rings (SSSR count). The van der Waals surface area contributed by atoms with Crippen LogP contribution in [-0.2, 0) is 4.79 Å². The van der Waals surface area contributed by atoms with E-state index >= 15 is 0 Å². The van der Waals surface area contributed by atoms with Gasteiger partial charge in [-0.3, -0.25) is 9.59 Å². The Hall–Kier alpha value is -1.65. The van der Waals surface area contributed by atoms with Gasteiger partial charge in [-0.05, 0) is 36.7 Å². The first-order chi connectivity index (χ1) is 9.54. The number of nitrogens with zero attached hydrogens (tertiary/aromatic N) is 1. The summed E-state index contributed by atoms with van der Waals surface area (Å²) in [5, 5.41) is 3.68. The van der Waals surface area contributed by atoms with Crippen molar-refractivity contribution >= 4 is 29.0 Å². The summed E-state index contributed by atoms with van der Waals surface area (Å²) in [4.78, 5) is 25.4. The molecule has 1 aromatic carbocycles. The normalized spacial score (nSPS) is 13.8. The van der Waals surface area contributed by atoms with Gasteiger partial charge in [0.25, 0.3) is 11.7 Å². The predicted octanol–water partition coefficient (Wildman–Crippen LogP) is 2.43. The molecule has 20 heavy (non-hydrogen) atoms. The van der Waals surface area contributed by atoms with Crippen molar-refractivity contribution in [3.8, 4) is 0 Å². The van der Waals surface area contributed by atoms with E-state index in [2.05, 4.69) is 18.8 Å². The highest BCUT2D eigenvalue weighted by atomic mass is 35.5. The Balaban J connectivity index is 2.12. The Morgan fingerprint density at radius 2 is 2.15 bits per heavy atom. The molecule has 0 saturated heterocycles. The lowest BCUT2D eigenvalue weighted by atomic mass is 10.1. The molecule has 1 aromatic rings. The summed E-state index contributed by atoms with van der Waals surface area (Å²) in [5.41, 5.74) is 1.85. The molecule has 1 aliphatic rings. The number of hydrogen-bond donors (Lipinski definition) is 1. The molecule has 1 heterocycles. The quantitative estimate of drug-likeness (QED) is 0.498. The summed E-state index contributed by atoms with van der Waals surface area (Å²) in [5.74, 6) is -1.02.